The van der Waals surface area contributed by atoms with Gasteiger partial charge in [-0.25, -0.2) is 0 Å². The van der Waals surface area contributed by atoms with Gasteiger partial charge in [-0.2, -0.15) is 0 Å². The molecule has 1 aliphatic heterocycles. The van der Waals surface area contributed by atoms with Crippen molar-refractivity contribution in [2.24, 2.45) is 5.92 Å². The van der Waals surface area contributed by atoms with Gasteiger partial charge >= 0.3 is 5.97 Å². The smallest absolute Gasteiger partial charge is 0.306 e. The van der Waals surface area contributed by atoms with Gasteiger partial charge in [0.1, 0.15) is 6.61 Å². The predicted octanol–water partition coefficient (Wildman–Crippen LogP) is 4.95. The summed E-state index contributed by atoms with van der Waals surface area (Å²) < 4.78 is 12.0. The van der Waals surface area contributed by atoms with Crippen molar-refractivity contribution in [3.05, 3.63) is 89.7 Å². The van der Waals surface area contributed by atoms with E-state index in [0.29, 0.717) is 50.6 Å². The van der Waals surface area contributed by atoms with E-state index in [1.165, 1.54) is 0 Å². The van der Waals surface area contributed by atoms with Crippen LogP contribution in [-0.4, -0.2) is 40.7 Å². The van der Waals surface area contributed by atoms with E-state index in [2.05, 4.69) is 22.0 Å². The Morgan fingerprint density at radius 3 is 2.48 bits per heavy atom. The number of likely N-dealkylation sites (tertiary alicyclic amines) is 1. The van der Waals surface area contributed by atoms with Gasteiger partial charge in [0.2, 0.25) is 0 Å². The first-order chi connectivity index (χ1) is 16.2. The molecule has 1 N–H and O–H groups in total. The molecular weight excluding hydrogens is 416 g/mol. The fraction of sp³-hybridized carbons (Fsp3) is 0.333. The maximum Gasteiger partial charge on any atom is 0.306 e. The topological polar surface area (TPSA) is 71.9 Å². The molecule has 4 rings (SSSR count). The van der Waals surface area contributed by atoms with Crippen LogP contribution < -0.4 is 9.47 Å². The molecule has 1 fully saturated rings. The summed E-state index contributed by atoms with van der Waals surface area (Å²) in [5.74, 6) is 0.439. The van der Waals surface area contributed by atoms with Crippen LogP contribution in [0.1, 0.15) is 42.5 Å². The van der Waals surface area contributed by atoms with Gasteiger partial charge in [-0.05, 0) is 67.7 Å². The van der Waals surface area contributed by atoms with Crippen LogP contribution in [-0.2, 0) is 11.4 Å². The van der Waals surface area contributed by atoms with Crippen molar-refractivity contribution in [1.29, 1.82) is 0 Å². The molecule has 0 aliphatic carbocycles. The van der Waals surface area contributed by atoms with Crippen LogP contribution in [0.4, 0.5) is 0 Å². The van der Waals surface area contributed by atoms with Crippen LogP contribution in [0.3, 0.4) is 0 Å². The number of carboxylic acids is 1. The van der Waals surface area contributed by atoms with Crippen molar-refractivity contribution in [3.8, 4) is 11.5 Å². The third-order valence-corrected chi connectivity index (χ3v) is 6.06. The zero-order valence-electron chi connectivity index (χ0n) is 18.9. The molecule has 0 amide bonds. The third kappa shape index (κ3) is 5.71. The van der Waals surface area contributed by atoms with E-state index in [1.807, 2.05) is 61.7 Å². The van der Waals surface area contributed by atoms with E-state index in [4.69, 9.17) is 9.47 Å². The normalized spacial score (nSPS) is 15.7. The largest absolute Gasteiger partial charge is 0.490 e. The average Bonchev–Trinajstić information content (AvgIpc) is 2.85. The molecule has 2 heterocycles. The molecule has 172 valence electrons. The van der Waals surface area contributed by atoms with Gasteiger partial charge in [0.05, 0.1) is 18.6 Å². The summed E-state index contributed by atoms with van der Waals surface area (Å²) in [6.07, 6.45) is 4.93. The van der Waals surface area contributed by atoms with Crippen molar-refractivity contribution in [2.75, 3.05) is 19.7 Å². The summed E-state index contributed by atoms with van der Waals surface area (Å²) >= 11 is 0. The number of pyridine rings is 1. The number of aliphatic carboxylic acids is 1. The van der Waals surface area contributed by atoms with Crippen LogP contribution in [0.15, 0.2) is 73.1 Å². The van der Waals surface area contributed by atoms with Gasteiger partial charge in [0, 0.05) is 12.4 Å². The number of piperidine rings is 1. The first-order valence-electron chi connectivity index (χ1n) is 11.5. The molecule has 33 heavy (non-hydrogen) atoms. The van der Waals surface area contributed by atoms with Crippen molar-refractivity contribution in [2.45, 2.75) is 32.4 Å². The monoisotopic (exact) mass is 446 g/mol. The lowest BCUT2D eigenvalue weighted by molar-refractivity contribution is -0.143. The number of hydrogen-bond donors (Lipinski definition) is 1. The van der Waals surface area contributed by atoms with Gasteiger partial charge in [-0.3, -0.25) is 14.7 Å². The molecule has 6 nitrogen and oxygen atoms in total. The molecule has 6 heteroatoms. The number of ether oxygens (including phenoxy) is 2. The van der Waals surface area contributed by atoms with Crippen LogP contribution in [0.25, 0.3) is 0 Å². The first-order valence-corrected chi connectivity index (χ1v) is 11.5. The summed E-state index contributed by atoms with van der Waals surface area (Å²) in [6, 6.07) is 20.1. The standard InChI is InChI=1S/C27H30N2O4/c1-2-32-25-17-22(10-11-24(25)33-19-20-7-4-3-5-8-20)26(23-9-6-14-28-18-23)29-15-12-21(13-16-29)27(30)31/h3-11,14,17-18,21,26H,2,12-13,15-16,19H2,1H3,(H,30,31). The van der Waals surface area contributed by atoms with Crippen LogP contribution in [0, 0.1) is 5.92 Å². The summed E-state index contributed by atoms with van der Waals surface area (Å²) in [6.45, 7) is 4.39. The second-order valence-electron chi connectivity index (χ2n) is 8.25. The molecule has 0 radical (unpaired) electrons. The molecule has 0 bridgehead atoms. The van der Waals surface area contributed by atoms with Crippen molar-refractivity contribution in [1.82, 2.24) is 9.88 Å². The molecule has 3 aromatic rings. The highest BCUT2D eigenvalue weighted by molar-refractivity contribution is 5.70. The highest BCUT2D eigenvalue weighted by atomic mass is 16.5. The van der Waals surface area contributed by atoms with E-state index in [-0.39, 0.29) is 12.0 Å². The van der Waals surface area contributed by atoms with E-state index < -0.39 is 5.97 Å². The quantitative estimate of drug-likeness (QED) is 0.502. The van der Waals surface area contributed by atoms with Crippen LogP contribution in [0.5, 0.6) is 11.5 Å². The molecule has 2 aromatic carbocycles. The molecule has 1 saturated heterocycles. The summed E-state index contributed by atoms with van der Waals surface area (Å²) in [4.78, 5) is 18.1. The average molecular weight is 447 g/mol. The highest BCUT2D eigenvalue weighted by Gasteiger charge is 2.30. The number of benzene rings is 2. The maximum atomic E-state index is 11.4. The highest BCUT2D eigenvalue weighted by Crippen LogP contribution is 2.37. The lowest BCUT2D eigenvalue weighted by atomic mass is 9.91. The minimum atomic E-state index is -0.703. The minimum absolute atomic E-state index is 0.0316. The Bertz CT molecular complexity index is 1030. The molecule has 0 saturated carbocycles. The van der Waals surface area contributed by atoms with E-state index in [0.717, 1.165) is 16.7 Å². The first kappa shape index (κ1) is 22.8. The molecule has 1 atom stereocenters. The Morgan fingerprint density at radius 2 is 1.82 bits per heavy atom. The van der Waals surface area contributed by atoms with Gasteiger partial charge in [0.25, 0.3) is 0 Å². The molecule has 1 unspecified atom stereocenters. The second kappa shape index (κ2) is 11.0. The minimum Gasteiger partial charge on any atom is -0.490 e. The van der Waals surface area contributed by atoms with Gasteiger partial charge in [0.15, 0.2) is 11.5 Å². The molecule has 1 aliphatic rings. The predicted molar refractivity (Wildman–Crippen MR) is 126 cm³/mol. The van der Waals surface area contributed by atoms with Crippen LogP contribution >= 0.6 is 0 Å². The van der Waals surface area contributed by atoms with Gasteiger partial charge in [-0.15, -0.1) is 0 Å². The molecular formula is C27H30N2O4. The molecule has 0 spiro atoms. The zero-order chi connectivity index (χ0) is 23.0. The summed E-state index contributed by atoms with van der Waals surface area (Å²) in [7, 11) is 0. The Labute approximate surface area is 194 Å². The number of hydrogen-bond acceptors (Lipinski definition) is 5. The molecule has 1 aromatic heterocycles. The Morgan fingerprint density at radius 1 is 1.03 bits per heavy atom. The van der Waals surface area contributed by atoms with E-state index in [1.54, 1.807) is 6.20 Å². The Kier molecular flexibility index (Phi) is 7.58. The third-order valence-electron chi connectivity index (χ3n) is 6.06. The lowest BCUT2D eigenvalue weighted by Crippen LogP contribution is -2.39. The zero-order valence-corrected chi connectivity index (χ0v) is 18.9. The summed E-state index contributed by atoms with van der Waals surface area (Å²) in [5, 5.41) is 9.40. The maximum absolute atomic E-state index is 11.4. The number of carbonyl (C=O) groups is 1. The second-order valence-corrected chi connectivity index (χ2v) is 8.25. The number of rotatable bonds is 9. The van der Waals surface area contributed by atoms with Crippen molar-refractivity contribution in [3.63, 3.8) is 0 Å². The fourth-order valence-electron chi connectivity index (χ4n) is 4.37. The van der Waals surface area contributed by atoms with Gasteiger partial charge in [-0.1, -0.05) is 42.5 Å². The van der Waals surface area contributed by atoms with Crippen molar-refractivity contribution < 1.29 is 19.4 Å². The van der Waals surface area contributed by atoms with Crippen LogP contribution in [0.2, 0.25) is 0 Å². The SMILES string of the molecule is CCOc1cc(C(c2cccnc2)N2CCC(C(=O)O)CC2)ccc1OCc1ccccc1. The van der Waals surface area contributed by atoms with E-state index in [9.17, 15) is 9.90 Å². The fourth-order valence-corrected chi connectivity index (χ4v) is 4.37. The van der Waals surface area contributed by atoms with E-state index >= 15 is 0 Å². The lowest BCUT2D eigenvalue weighted by Gasteiger charge is -2.37. The van der Waals surface area contributed by atoms with Gasteiger partial charge < -0.3 is 14.6 Å². The Balaban J connectivity index is 1.61. The summed E-state index contributed by atoms with van der Waals surface area (Å²) in [5.41, 5.74) is 3.25. The van der Waals surface area contributed by atoms with Crippen molar-refractivity contribution >= 4 is 5.97 Å². The Hall–Kier alpha value is -3.38. The number of aromatic nitrogens is 1. The number of carboxylic acid groups (broad SMARTS) is 1. The number of nitrogens with zero attached hydrogens (tertiary/aromatic N) is 2.